The Balaban J connectivity index is 2.60. The lowest BCUT2D eigenvalue weighted by Crippen LogP contribution is -2.36. The molecule has 0 saturated heterocycles. The molecule has 0 radical (unpaired) electrons. The standard InChI is InChI=1S/C13H17F2NO2/c1-2-3-4-12(13(17)18)16-8-9-7-10(14)5-6-11(9)15/h5-7,12,16H,2-4,8H2,1H3,(H,17,18). The van der Waals surface area contributed by atoms with Gasteiger partial charge in [-0.1, -0.05) is 19.8 Å². The van der Waals surface area contributed by atoms with E-state index in [0.717, 1.165) is 31.0 Å². The highest BCUT2D eigenvalue weighted by atomic mass is 19.1. The number of rotatable bonds is 7. The van der Waals surface area contributed by atoms with Crippen molar-refractivity contribution in [2.75, 3.05) is 0 Å². The van der Waals surface area contributed by atoms with E-state index in [2.05, 4.69) is 5.32 Å². The van der Waals surface area contributed by atoms with E-state index in [9.17, 15) is 13.6 Å². The van der Waals surface area contributed by atoms with Gasteiger partial charge in [-0.25, -0.2) is 8.78 Å². The first-order valence-corrected chi connectivity index (χ1v) is 5.94. The average molecular weight is 257 g/mol. The van der Waals surface area contributed by atoms with E-state index in [-0.39, 0.29) is 12.1 Å². The highest BCUT2D eigenvalue weighted by molar-refractivity contribution is 5.73. The number of carbonyl (C=O) groups is 1. The molecular formula is C13H17F2NO2. The second-order valence-electron chi connectivity index (χ2n) is 4.15. The van der Waals surface area contributed by atoms with Gasteiger partial charge >= 0.3 is 5.97 Å². The molecule has 0 amide bonds. The van der Waals surface area contributed by atoms with E-state index >= 15 is 0 Å². The zero-order chi connectivity index (χ0) is 13.5. The van der Waals surface area contributed by atoms with Crippen molar-refractivity contribution in [3.05, 3.63) is 35.4 Å². The molecule has 18 heavy (non-hydrogen) atoms. The molecule has 0 heterocycles. The molecule has 0 aliphatic heterocycles. The first-order chi connectivity index (χ1) is 8.54. The SMILES string of the molecule is CCCCC(NCc1cc(F)ccc1F)C(=O)O. The zero-order valence-electron chi connectivity index (χ0n) is 10.2. The van der Waals surface area contributed by atoms with E-state index in [1.807, 2.05) is 6.92 Å². The van der Waals surface area contributed by atoms with E-state index in [4.69, 9.17) is 5.11 Å². The van der Waals surface area contributed by atoms with Gasteiger partial charge in [0.05, 0.1) is 0 Å². The van der Waals surface area contributed by atoms with Crippen LogP contribution in [0.4, 0.5) is 8.78 Å². The average Bonchev–Trinajstić information content (AvgIpc) is 2.33. The lowest BCUT2D eigenvalue weighted by Gasteiger charge is -2.14. The molecule has 0 aliphatic carbocycles. The quantitative estimate of drug-likeness (QED) is 0.789. The zero-order valence-corrected chi connectivity index (χ0v) is 10.2. The van der Waals surface area contributed by atoms with Crippen LogP contribution < -0.4 is 5.32 Å². The minimum atomic E-state index is -0.972. The molecule has 2 N–H and O–H groups in total. The van der Waals surface area contributed by atoms with Gasteiger partial charge < -0.3 is 10.4 Å². The van der Waals surface area contributed by atoms with Crippen LogP contribution in [0.5, 0.6) is 0 Å². The number of nitrogens with one attached hydrogen (secondary N) is 1. The van der Waals surface area contributed by atoms with Crippen molar-refractivity contribution in [3.8, 4) is 0 Å². The summed E-state index contributed by atoms with van der Waals surface area (Å²) in [6.07, 6.45) is 2.14. The molecule has 0 spiro atoms. The van der Waals surface area contributed by atoms with Crippen LogP contribution in [0.3, 0.4) is 0 Å². The third-order valence-corrected chi connectivity index (χ3v) is 2.69. The summed E-state index contributed by atoms with van der Waals surface area (Å²) in [6.45, 7) is 1.97. The molecule has 0 aromatic heterocycles. The summed E-state index contributed by atoms with van der Waals surface area (Å²) in [5.74, 6) is -2.04. The van der Waals surface area contributed by atoms with E-state index in [1.54, 1.807) is 0 Å². The number of aliphatic carboxylic acids is 1. The molecule has 0 fully saturated rings. The summed E-state index contributed by atoms with van der Waals surface area (Å²) in [7, 11) is 0. The molecule has 1 aromatic carbocycles. The Labute approximate surface area is 105 Å². The number of unbranched alkanes of at least 4 members (excludes halogenated alkanes) is 1. The molecule has 100 valence electrons. The van der Waals surface area contributed by atoms with Gasteiger partial charge in [0, 0.05) is 12.1 Å². The molecule has 5 heteroatoms. The summed E-state index contributed by atoms with van der Waals surface area (Å²) in [6, 6.07) is 2.41. The van der Waals surface area contributed by atoms with Gasteiger partial charge in [0.1, 0.15) is 17.7 Å². The molecule has 0 aliphatic rings. The van der Waals surface area contributed by atoms with Crippen molar-refractivity contribution in [2.24, 2.45) is 0 Å². The van der Waals surface area contributed by atoms with Crippen LogP contribution in [0.2, 0.25) is 0 Å². The van der Waals surface area contributed by atoms with Crippen molar-refractivity contribution in [3.63, 3.8) is 0 Å². The summed E-state index contributed by atoms with van der Waals surface area (Å²) in [5.41, 5.74) is 0.137. The Bertz CT molecular complexity index is 410. The molecule has 1 aromatic rings. The lowest BCUT2D eigenvalue weighted by molar-refractivity contribution is -0.139. The van der Waals surface area contributed by atoms with Crippen LogP contribution in [0.25, 0.3) is 0 Å². The Morgan fingerprint density at radius 3 is 2.78 bits per heavy atom. The second-order valence-corrected chi connectivity index (χ2v) is 4.15. The van der Waals surface area contributed by atoms with Crippen LogP contribution in [-0.4, -0.2) is 17.1 Å². The predicted octanol–water partition coefficient (Wildman–Crippen LogP) is 2.70. The third kappa shape index (κ3) is 4.41. The van der Waals surface area contributed by atoms with Crippen molar-refractivity contribution < 1.29 is 18.7 Å². The Morgan fingerprint density at radius 1 is 1.44 bits per heavy atom. The van der Waals surface area contributed by atoms with E-state index in [1.165, 1.54) is 0 Å². The molecule has 3 nitrogen and oxygen atoms in total. The monoisotopic (exact) mass is 257 g/mol. The number of benzene rings is 1. The summed E-state index contributed by atoms with van der Waals surface area (Å²) in [4.78, 5) is 10.9. The number of carboxylic acid groups (broad SMARTS) is 1. The van der Waals surface area contributed by atoms with Gasteiger partial charge in [-0.15, -0.1) is 0 Å². The molecule has 1 unspecified atom stereocenters. The maximum Gasteiger partial charge on any atom is 0.320 e. The minimum absolute atomic E-state index is 0.00424. The number of halogens is 2. The van der Waals surface area contributed by atoms with Gasteiger partial charge in [0.25, 0.3) is 0 Å². The highest BCUT2D eigenvalue weighted by Gasteiger charge is 2.16. The van der Waals surface area contributed by atoms with Crippen LogP contribution in [0.15, 0.2) is 18.2 Å². The van der Waals surface area contributed by atoms with Crippen molar-refractivity contribution in [2.45, 2.75) is 38.8 Å². The fraction of sp³-hybridized carbons (Fsp3) is 0.462. The first kappa shape index (κ1) is 14.6. The first-order valence-electron chi connectivity index (χ1n) is 5.94. The smallest absolute Gasteiger partial charge is 0.320 e. The van der Waals surface area contributed by atoms with Gasteiger partial charge in [-0.3, -0.25) is 4.79 Å². The summed E-state index contributed by atoms with van der Waals surface area (Å²) < 4.78 is 26.2. The number of carboxylic acids is 1. The minimum Gasteiger partial charge on any atom is -0.480 e. The van der Waals surface area contributed by atoms with Crippen molar-refractivity contribution >= 4 is 5.97 Å². The maximum absolute atomic E-state index is 13.3. The van der Waals surface area contributed by atoms with Crippen LogP contribution in [-0.2, 0) is 11.3 Å². The van der Waals surface area contributed by atoms with Gasteiger partial charge in [-0.05, 0) is 24.6 Å². The Hall–Kier alpha value is -1.49. The van der Waals surface area contributed by atoms with Crippen LogP contribution >= 0.6 is 0 Å². The van der Waals surface area contributed by atoms with Gasteiger partial charge in [0.2, 0.25) is 0 Å². The molecular weight excluding hydrogens is 240 g/mol. The fourth-order valence-corrected chi connectivity index (χ4v) is 1.63. The summed E-state index contributed by atoms with van der Waals surface area (Å²) >= 11 is 0. The molecule has 1 rings (SSSR count). The largest absolute Gasteiger partial charge is 0.480 e. The number of hydrogen-bond donors (Lipinski definition) is 2. The normalized spacial score (nSPS) is 12.4. The third-order valence-electron chi connectivity index (χ3n) is 2.69. The Morgan fingerprint density at radius 2 is 2.17 bits per heavy atom. The Kier molecular flexibility index (Phi) is 5.71. The van der Waals surface area contributed by atoms with E-state index in [0.29, 0.717) is 6.42 Å². The fourth-order valence-electron chi connectivity index (χ4n) is 1.63. The lowest BCUT2D eigenvalue weighted by atomic mass is 10.1. The van der Waals surface area contributed by atoms with Crippen molar-refractivity contribution in [1.82, 2.24) is 5.32 Å². The topological polar surface area (TPSA) is 49.3 Å². The van der Waals surface area contributed by atoms with E-state index < -0.39 is 23.6 Å². The van der Waals surface area contributed by atoms with Gasteiger partial charge in [0.15, 0.2) is 0 Å². The highest BCUT2D eigenvalue weighted by Crippen LogP contribution is 2.10. The molecule has 0 bridgehead atoms. The summed E-state index contributed by atoms with van der Waals surface area (Å²) in [5, 5.41) is 11.7. The maximum atomic E-state index is 13.3. The van der Waals surface area contributed by atoms with Crippen molar-refractivity contribution in [1.29, 1.82) is 0 Å². The number of hydrogen-bond acceptors (Lipinski definition) is 2. The van der Waals surface area contributed by atoms with Gasteiger partial charge in [-0.2, -0.15) is 0 Å². The second kappa shape index (κ2) is 7.06. The molecule has 0 saturated carbocycles. The van der Waals surface area contributed by atoms with Crippen LogP contribution in [0.1, 0.15) is 31.7 Å². The predicted molar refractivity (Wildman–Crippen MR) is 64.1 cm³/mol. The molecule has 1 atom stereocenters. The van der Waals surface area contributed by atoms with Crippen LogP contribution in [0, 0.1) is 11.6 Å².